The van der Waals surface area contributed by atoms with Crippen LogP contribution in [-0.4, -0.2) is 50.3 Å². The normalized spacial score (nSPS) is 10.4. The number of aromatic nitrogens is 2. The minimum absolute atomic E-state index is 0.101. The fraction of sp³-hybridized carbons (Fsp3) is 0.261. The van der Waals surface area contributed by atoms with Crippen molar-refractivity contribution < 1.29 is 23.7 Å². The molecule has 0 aliphatic heterocycles. The number of ether oxygens (including phenoxy) is 4. The van der Waals surface area contributed by atoms with Crippen LogP contribution >= 0.6 is 11.8 Å². The Kier molecular flexibility index (Phi) is 8.15. The number of para-hydroxylation sites is 1. The quantitative estimate of drug-likeness (QED) is 0.464. The molecular weight excluding hydrogens is 430 g/mol. The van der Waals surface area contributed by atoms with Gasteiger partial charge < -0.3 is 24.3 Å². The Morgan fingerprint density at radius 1 is 0.875 bits per heavy atom. The molecule has 0 unspecified atom stereocenters. The first-order valence-corrected chi connectivity index (χ1v) is 10.7. The van der Waals surface area contributed by atoms with Gasteiger partial charge in [0.1, 0.15) is 10.8 Å². The summed E-state index contributed by atoms with van der Waals surface area (Å²) in [4.78, 5) is 12.2. The van der Waals surface area contributed by atoms with Crippen LogP contribution in [0.3, 0.4) is 0 Å². The van der Waals surface area contributed by atoms with Crippen molar-refractivity contribution in [3.05, 3.63) is 54.1 Å². The molecule has 9 heteroatoms. The van der Waals surface area contributed by atoms with E-state index in [-0.39, 0.29) is 11.7 Å². The van der Waals surface area contributed by atoms with Gasteiger partial charge in [0.2, 0.25) is 11.7 Å². The number of carbonyl (C=O) groups excluding carboxylic acids is 1. The lowest BCUT2D eigenvalue weighted by Crippen LogP contribution is -2.24. The first-order valence-electron chi connectivity index (χ1n) is 9.75. The predicted octanol–water partition coefficient (Wildman–Crippen LogP) is 3.59. The molecule has 0 fully saturated rings. The third-order valence-electron chi connectivity index (χ3n) is 4.62. The van der Waals surface area contributed by atoms with Crippen molar-refractivity contribution in [2.75, 3.05) is 34.2 Å². The maximum Gasteiger partial charge on any atom is 0.230 e. The molecule has 0 saturated carbocycles. The number of amides is 1. The molecule has 8 nitrogen and oxygen atoms in total. The molecule has 0 saturated heterocycles. The number of thioether (sulfide) groups is 1. The van der Waals surface area contributed by atoms with Gasteiger partial charge >= 0.3 is 0 Å². The monoisotopic (exact) mass is 455 g/mol. The number of methoxy groups -OCH3 is 4. The summed E-state index contributed by atoms with van der Waals surface area (Å²) in [6.45, 7) is 0.398. The summed E-state index contributed by atoms with van der Waals surface area (Å²) in [5.74, 6) is 2.46. The van der Waals surface area contributed by atoms with Crippen molar-refractivity contribution >= 4 is 17.7 Å². The Balaban J connectivity index is 1.61. The molecular formula is C23H25N3O5S. The molecule has 168 valence electrons. The second-order valence-electron chi connectivity index (χ2n) is 6.55. The van der Waals surface area contributed by atoms with E-state index < -0.39 is 0 Å². The van der Waals surface area contributed by atoms with Crippen LogP contribution in [0.5, 0.6) is 23.0 Å². The molecule has 0 radical (unpaired) electrons. The maximum atomic E-state index is 12.2. The van der Waals surface area contributed by atoms with Crippen LogP contribution in [0.2, 0.25) is 0 Å². The Morgan fingerprint density at radius 2 is 1.56 bits per heavy atom. The zero-order valence-electron chi connectivity index (χ0n) is 18.4. The van der Waals surface area contributed by atoms with Gasteiger partial charge in [-0.3, -0.25) is 4.79 Å². The van der Waals surface area contributed by atoms with Crippen molar-refractivity contribution in [2.45, 2.75) is 11.6 Å². The smallest absolute Gasteiger partial charge is 0.230 e. The Morgan fingerprint density at radius 3 is 2.16 bits per heavy atom. The molecule has 0 aliphatic carbocycles. The first kappa shape index (κ1) is 23.2. The lowest BCUT2D eigenvalue weighted by Gasteiger charge is -2.13. The summed E-state index contributed by atoms with van der Waals surface area (Å²) in [6, 6.07) is 14.9. The van der Waals surface area contributed by atoms with Gasteiger partial charge in [-0.25, -0.2) is 0 Å². The Labute approximate surface area is 191 Å². The van der Waals surface area contributed by atoms with Gasteiger partial charge in [-0.15, -0.1) is 10.2 Å². The van der Waals surface area contributed by atoms with Crippen LogP contribution in [0.1, 0.15) is 5.56 Å². The number of benzene rings is 2. The van der Waals surface area contributed by atoms with Crippen LogP contribution in [0.15, 0.2) is 53.6 Å². The van der Waals surface area contributed by atoms with E-state index in [1.165, 1.54) is 11.8 Å². The summed E-state index contributed by atoms with van der Waals surface area (Å²) in [6.07, 6.45) is 0. The molecule has 0 atom stereocenters. The van der Waals surface area contributed by atoms with Gasteiger partial charge in [0.05, 0.1) is 39.9 Å². The highest BCUT2D eigenvalue weighted by atomic mass is 32.2. The van der Waals surface area contributed by atoms with E-state index in [1.54, 1.807) is 28.4 Å². The number of rotatable bonds is 10. The molecule has 1 aromatic heterocycles. The summed E-state index contributed by atoms with van der Waals surface area (Å²) >= 11 is 1.31. The molecule has 1 N–H and O–H groups in total. The lowest BCUT2D eigenvalue weighted by molar-refractivity contribution is -0.118. The summed E-state index contributed by atoms with van der Waals surface area (Å²) in [5, 5.41) is 12.0. The number of hydrogen-bond donors (Lipinski definition) is 1. The zero-order valence-corrected chi connectivity index (χ0v) is 19.2. The van der Waals surface area contributed by atoms with E-state index in [9.17, 15) is 4.79 Å². The van der Waals surface area contributed by atoms with Gasteiger partial charge in [0.15, 0.2) is 11.5 Å². The maximum absolute atomic E-state index is 12.2. The first-order chi connectivity index (χ1) is 15.6. The van der Waals surface area contributed by atoms with Crippen LogP contribution in [-0.2, 0) is 11.3 Å². The summed E-state index contributed by atoms with van der Waals surface area (Å²) < 4.78 is 21.4. The highest BCUT2D eigenvalue weighted by molar-refractivity contribution is 7.99. The van der Waals surface area contributed by atoms with Crippen molar-refractivity contribution in [3.8, 4) is 34.3 Å². The average Bonchev–Trinajstić information content (AvgIpc) is 2.85. The fourth-order valence-corrected chi connectivity index (χ4v) is 3.66. The van der Waals surface area contributed by atoms with Crippen LogP contribution in [0.25, 0.3) is 11.3 Å². The van der Waals surface area contributed by atoms with E-state index in [1.807, 2.05) is 48.5 Å². The lowest BCUT2D eigenvalue weighted by atomic mass is 10.1. The fourth-order valence-electron chi connectivity index (χ4n) is 3.01. The SMILES string of the molecule is COc1ccccc1CNC(=O)CSc1ccc(-c2cc(OC)c(OC)c(OC)c2)nn1. The van der Waals surface area contributed by atoms with E-state index >= 15 is 0 Å². The Hall–Kier alpha value is -3.46. The van der Waals surface area contributed by atoms with Crippen molar-refractivity contribution in [1.29, 1.82) is 0 Å². The zero-order chi connectivity index (χ0) is 22.9. The van der Waals surface area contributed by atoms with Gasteiger partial charge in [-0.2, -0.15) is 0 Å². The van der Waals surface area contributed by atoms with Crippen molar-refractivity contribution in [1.82, 2.24) is 15.5 Å². The van der Waals surface area contributed by atoms with Crippen LogP contribution in [0, 0.1) is 0 Å². The van der Waals surface area contributed by atoms with Gasteiger partial charge in [0.25, 0.3) is 0 Å². The molecule has 3 rings (SSSR count). The second kappa shape index (κ2) is 11.2. The number of hydrogen-bond acceptors (Lipinski definition) is 8. The van der Waals surface area contributed by atoms with E-state index in [4.69, 9.17) is 18.9 Å². The minimum atomic E-state index is -0.101. The summed E-state index contributed by atoms with van der Waals surface area (Å²) in [5.41, 5.74) is 2.34. The Bertz CT molecular complexity index is 1030. The highest BCUT2D eigenvalue weighted by Crippen LogP contribution is 2.40. The van der Waals surface area contributed by atoms with Crippen molar-refractivity contribution in [2.24, 2.45) is 0 Å². The molecule has 1 amide bonds. The molecule has 1 heterocycles. The minimum Gasteiger partial charge on any atom is -0.496 e. The number of nitrogens with zero attached hydrogens (tertiary/aromatic N) is 2. The number of carbonyl (C=O) groups is 1. The molecule has 0 bridgehead atoms. The standard InChI is InChI=1S/C23H25N3O5S/c1-28-18-8-6-5-7-15(18)13-24-21(27)14-32-22-10-9-17(25-26-22)16-11-19(29-2)23(31-4)20(12-16)30-3/h5-12H,13-14H2,1-4H3,(H,24,27). The van der Waals surface area contributed by atoms with Gasteiger partial charge in [-0.05, 0) is 30.3 Å². The molecule has 2 aromatic carbocycles. The third-order valence-corrected chi connectivity index (χ3v) is 5.54. The van der Waals surface area contributed by atoms with E-state index in [0.29, 0.717) is 34.5 Å². The molecule has 32 heavy (non-hydrogen) atoms. The van der Waals surface area contributed by atoms with E-state index in [0.717, 1.165) is 16.9 Å². The second-order valence-corrected chi connectivity index (χ2v) is 7.54. The van der Waals surface area contributed by atoms with Crippen LogP contribution in [0.4, 0.5) is 0 Å². The molecule has 0 aliphatic rings. The predicted molar refractivity (Wildman–Crippen MR) is 123 cm³/mol. The topological polar surface area (TPSA) is 91.8 Å². The van der Waals surface area contributed by atoms with E-state index in [2.05, 4.69) is 15.5 Å². The largest absolute Gasteiger partial charge is 0.496 e. The van der Waals surface area contributed by atoms with Gasteiger partial charge in [-0.1, -0.05) is 30.0 Å². The van der Waals surface area contributed by atoms with Crippen molar-refractivity contribution in [3.63, 3.8) is 0 Å². The molecule has 3 aromatic rings. The number of nitrogens with one attached hydrogen (secondary N) is 1. The molecule has 0 spiro atoms. The highest BCUT2D eigenvalue weighted by Gasteiger charge is 2.15. The summed E-state index contributed by atoms with van der Waals surface area (Å²) in [7, 11) is 6.28. The van der Waals surface area contributed by atoms with Crippen LogP contribution < -0.4 is 24.3 Å². The van der Waals surface area contributed by atoms with Gasteiger partial charge in [0, 0.05) is 17.7 Å². The third kappa shape index (κ3) is 5.61. The average molecular weight is 456 g/mol.